The van der Waals surface area contributed by atoms with Crippen LogP contribution in [0.25, 0.3) is 0 Å². The van der Waals surface area contributed by atoms with Crippen molar-refractivity contribution >= 4 is 28.8 Å². The molecule has 0 aromatic heterocycles. The first-order chi connectivity index (χ1) is 10.1. The average Bonchev–Trinajstić information content (AvgIpc) is 2.46. The van der Waals surface area contributed by atoms with Crippen LogP contribution in [-0.4, -0.2) is 11.6 Å². The van der Waals surface area contributed by atoms with Crippen molar-refractivity contribution in [3.8, 4) is 17.2 Å². The molecule has 5 heteroatoms. The van der Waals surface area contributed by atoms with E-state index in [4.69, 9.17) is 39.0 Å². The molecule has 0 aliphatic carbocycles. The quantitative estimate of drug-likeness (QED) is 0.792. The maximum absolute atomic E-state index is 5.99. The summed E-state index contributed by atoms with van der Waals surface area (Å²) in [5.74, 6) is 2.01. The lowest BCUT2D eigenvalue weighted by molar-refractivity contribution is 0.317. The van der Waals surface area contributed by atoms with E-state index in [0.717, 1.165) is 12.2 Å². The zero-order chi connectivity index (χ0) is 15.2. The molecule has 0 atom stereocenters. The Morgan fingerprint density at radius 1 is 1.14 bits per heavy atom. The first-order valence-electron chi connectivity index (χ1n) is 6.60. The Labute approximate surface area is 134 Å². The van der Waals surface area contributed by atoms with E-state index in [2.05, 4.69) is 6.92 Å². The summed E-state index contributed by atoms with van der Waals surface area (Å²) in [4.78, 5) is 0.268. The summed E-state index contributed by atoms with van der Waals surface area (Å²) in [6, 6.07) is 12.5. The summed E-state index contributed by atoms with van der Waals surface area (Å²) in [6.07, 6.45) is 0.970. The predicted molar refractivity (Wildman–Crippen MR) is 89.6 cm³/mol. The summed E-state index contributed by atoms with van der Waals surface area (Å²) in [6.45, 7) is 2.76. The van der Waals surface area contributed by atoms with E-state index in [9.17, 15) is 0 Å². The SMILES string of the molecule is CCCOc1ccc(Oc2cc(Cl)ccc2C(N)=S)cc1. The monoisotopic (exact) mass is 321 g/mol. The summed E-state index contributed by atoms with van der Waals surface area (Å²) >= 11 is 11.0. The molecule has 2 rings (SSSR count). The second-order valence-corrected chi connectivity index (χ2v) is 5.30. The molecule has 0 bridgehead atoms. The number of thiocarbonyl (C=S) groups is 1. The Balaban J connectivity index is 2.18. The lowest BCUT2D eigenvalue weighted by Gasteiger charge is -2.11. The molecule has 0 amide bonds. The molecule has 2 aromatic carbocycles. The van der Waals surface area contributed by atoms with Crippen LogP contribution in [0.2, 0.25) is 5.02 Å². The van der Waals surface area contributed by atoms with Gasteiger partial charge in [-0.2, -0.15) is 0 Å². The van der Waals surface area contributed by atoms with E-state index in [-0.39, 0.29) is 4.99 Å². The first kappa shape index (κ1) is 15.6. The maximum Gasteiger partial charge on any atom is 0.139 e. The van der Waals surface area contributed by atoms with Crippen molar-refractivity contribution in [2.75, 3.05) is 6.61 Å². The molecule has 0 saturated carbocycles. The van der Waals surface area contributed by atoms with Gasteiger partial charge in [-0.1, -0.05) is 30.7 Å². The van der Waals surface area contributed by atoms with Gasteiger partial charge < -0.3 is 15.2 Å². The lowest BCUT2D eigenvalue weighted by Crippen LogP contribution is -2.10. The molecule has 0 fully saturated rings. The Morgan fingerprint density at radius 3 is 2.43 bits per heavy atom. The number of hydrogen-bond acceptors (Lipinski definition) is 3. The van der Waals surface area contributed by atoms with Gasteiger partial charge in [0.05, 0.1) is 12.2 Å². The topological polar surface area (TPSA) is 44.5 Å². The fraction of sp³-hybridized carbons (Fsp3) is 0.188. The highest BCUT2D eigenvalue weighted by molar-refractivity contribution is 7.80. The molecule has 0 saturated heterocycles. The molecule has 0 spiro atoms. The predicted octanol–water partition coefficient (Wildman–Crippen LogP) is 4.56. The molecular formula is C16H16ClNO2S. The van der Waals surface area contributed by atoms with Crippen molar-refractivity contribution in [3.05, 3.63) is 53.1 Å². The Bertz CT molecular complexity index is 629. The van der Waals surface area contributed by atoms with E-state index < -0.39 is 0 Å². The van der Waals surface area contributed by atoms with Crippen molar-refractivity contribution in [1.29, 1.82) is 0 Å². The van der Waals surface area contributed by atoms with E-state index >= 15 is 0 Å². The second-order valence-electron chi connectivity index (χ2n) is 4.43. The molecule has 0 aliphatic rings. The van der Waals surface area contributed by atoms with Gasteiger partial charge in [0.15, 0.2) is 0 Å². The summed E-state index contributed by atoms with van der Waals surface area (Å²) in [5.41, 5.74) is 6.34. The summed E-state index contributed by atoms with van der Waals surface area (Å²) in [5, 5.41) is 0.563. The zero-order valence-corrected chi connectivity index (χ0v) is 13.2. The number of ether oxygens (including phenoxy) is 2. The van der Waals surface area contributed by atoms with Gasteiger partial charge in [-0.25, -0.2) is 0 Å². The van der Waals surface area contributed by atoms with Gasteiger partial charge in [-0.3, -0.25) is 0 Å². The minimum atomic E-state index is 0.268. The number of nitrogens with two attached hydrogens (primary N) is 1. The molecule has 2 N–H and O–H groups in total. The molecule has 21 heavy (non-hydrogen) atoms. The average molecular weight is 322 g/mol. The minimum Gasteiger partial charge on any atom is -0.494 e. The first-order valence-corrected chi connectivity index (χ1v) is 7.39. The van der Waals surface area contributed by atoms with Crippen LogP contribution < -0.4 is 15.2 Å². The van der Waals surface area contributed by atoms with E-state index in [1.54, 1.807) is 18.2 Å². The van der Waals surface area contributed by atoms with Gasteiger partial charge in [-0.15, -0.1) is 0 Å². The number of rotatable bonds is 6. The van der Waals surface area contributed by atoms with Gasteiger partial charge >= 0.3 is 0 Å². The number of hydrogen-bond donors (Lipinski definition) is 1. The van der Waals surface area contributed by atoms with Gasteiger partial charge in [-0.05, 0) is 42.8 Å². The summed E-state index contributed by atoms with van der Waals surface area (Å²) < 4.78 is 11.3. The highest BCUT2D eigenvalue weighted by Gasteiger charge is 2.08. The van der Waals surface area contributed by atoms with Crippen molar-refractivity contribution in [3.63, 3.8) is 0 Å². The smallest absolute Gasteiger partial charge is 0.139 e. The third-order valence-electron chi connectivity index (χ3n) is 2.73. The highest BCUT2D eigenvalue weighted by atomic mass is 35.5. The molecule has 110 valence electrons. The van der Waals surface area contributed by atoms with Crippen LogP contribution in [0.4, 0.5) is 0 Å². The molecule has 3 nitrogen and oxygen atoms in total. The van der Waals surface area contributed by atoms with Gasteiger partial charge in [0.25, 0.3) is 0 Å². The lowest BCUT2D eigenvalue weighted by atomic mass is 10.2. The van der Waals surface area contributed by atoms with E-state index in [1.807, 2.05) is 24.3 Å². The van der Waals surface area contributed by atoms with Crippen LogP contribution in [0.15, 0.2) is 42.5 Å². The van der Waals surface area contributed by atoms with Crippen LogP contribution in [0.5, 0.6) is 17.2 Å². The van der Waals surface area contributed by atoms with Crippen LogP contribution in [0, 0.1) is 0 Å². The molecule has 0 unspecified atom stereocenters. The van der Waals surface area contributed by atoms with Gasteiger partial charge in [0, 0.05) is 11.1 Å². The van der Waals surface area contributed by atoms with Crippen molar-refractivity contribution < 1.29 is 9.47 Å². The summed E-state index contributed by atoms with van der Waals surface area (Å²) in [7, 11) is 0. The molecule has 2 aromatic rings. The standard InChI is InChI=1S/C16H16ClNO2S/c1-2-9-19-12-4-6-13(7-5-12)20-15-10-11(17)3-8-14(15)16(18)21/h3-8,10H,2,9H2,1H3,(H2,18,21). The molecule has 0 radical (unpaired) electrons. The third-order valence-corrected chi connectivity index (χ3v) is 3.19. The fourth-order valence-corrected chi connectivity index (χ4v) is 2.07. The van der Waals surface area contributed by atoms with Crippen LogP contribution in [0.1, 0.15) is 18.9 Å². The highest BCUT2D eigenvalue weighted by Crippen LogP contribution is 2.29. The van der Waals surface area contributed by atoms with Gasteiger partial charge in [0.1, 0.15) is 22.2 Å². The van der Waals surface area contributed by atoms with Crippen LogP contribution >= 0.6 is 23.8 Å². The zero-order valence-electron chi connectivity index (χ0n) is 11.6. The Kier molecular flexibility index (Phi) is 5.42. The fourth-order valence-electron chi connectivity index (χ4n) is 1.73. The van der Waals surface area contributed by atoms with E-state index in [0.29, 0.717) is 28.7 Å². The molecule has 0 heterocycles. The third kappa shape index (κ3) is 4.34. The Hall–Kier alpha value is -1.78. The van der Waals surface area contributed by atoms with Crippen molar-refractivity contribution in [1.82, 2.24) is 0 Å². The maximum atomic E-state index is 5.99. The van der Waals surface area contributed by atoms with Gasteiger partial charge in [0.2, 0.25) is 0 Å². The number of benzene rings is 2. The second kappa shape index (κ2) is 7.29. The van der Waals surface area contributed by atoms with Crippen molar-refractivity contribution in [2.24, 2.45) is 5.73 Å². The van der Waals surface area contributed by atoms with Crippen LogP contribution in [0.3, 0.4) is 0 Å². The number of halogens is 1. The molecular weight excluding hydrogens is 306 g/mol. The largest absolute Gasteiger partial charge is 0.494 e. The van der Waals surface area contributed by atoms with E-state index in [1.165, 1.54) is 0 Å². The minimum absolute atomic E-state index is 0.268. The van der Waals surface area contributed by atoms with Crippen LogP contribution in [-0.2, 0) is 0 Å². The van der Waals surface area contributed by atoms with Crippen molar-refractivity contribution in [2.45, 2.75) is 13.3 Å². The Morgan fingerprint density at radius 2 is 1.81 bits per heavy atom. The normalized spacial score (nSPS) is 10.2. The molecule has 0 aliphatic heterocycles.